The number of amides is 1. The maximum absolute atomic E-state index is 11.5. The number of thioether (sulfide) groups is 1. The maximum Gasteiger partial charge on any atom is 0.221 e. The molecule has 0 aromatic heterocycles. The zero-order valence-corrected chi connectivity index (χ0v) is 11.8. The van der Waals surface area contributed by atoms with Gasteiger partial charge in [0, 0.05) is 18.2 Å². The van der Waals surface area contributed by atoms with Gasteiger partial charge < -0.3 is 10.6 Å². The van der Waals surface area contributed by atoms with Crippen LogP contribution in [0.5, 0.6) is 0 Å². The SMILES string of the molecule is CSCCC(=O)NC(C)C1CCCNC1.Cl. The third kappa shape index (κ3) is 5.97. The Kier molecular flexibility index (Phi) is 9.18. The number of carbonyl (C=O) groups excluding carboxylic acids is 1. The number of carbonyl (C=O) groups is 1. The molecule has 3 nitrogen and oxygen atoms in total. The first-order valence-electron chi connectivity index (χ1n) is 5.73. The average Bonchev–Trinajstić information content (AvgIpc) is 2.27. The minimum absolute atomic E-state index is 0. The first-order valence-corrected chi connectivity index (χ1v) is 7.12. The van der Waals surface area contributed by atoms with Crippen molar-refractivity contribution < 1.29 is 4.79 Å². The van der Waals surface area contributed by atoms with Crippen LogP contribution in [0.3, 0.4) is 0 Å². The predicted molar refractivity (Wildman–Crippen MR) is 73.4 cm³/mol. The molecule has 0 spiro atoms. The molecule has 1 fully saturated rings. The highest BCUT2D eigenvalue weighted by atomic mass is 35.5. The van der Waals surface area contributed by atoms with Crippen LogP contribution in [-0.2, 0) is 4.79 Å². The van der Waals surface area contributed by atoms with Crippen LogP contribution in [0.1, 0.15) is 26.2 Å². The zero-order valence-electron chi connectivity index (χ0n) is 10.1. The van der Waals surface area contributed by atoms with E-state index >= 15 is 0 Å². The summed E-state index contributed by atoms with van der Waals surface area (Å²) in [7, 11) is 0. The molecule has 1 heterocycles. The van der Waals surface area contributed by atoms with Crippen molar-refractivity contribution in [2.45, 2.75) is 32.2 Å². The van der Waals surface area contributed by atoms with Crippen LogP contribution in [0.15, 0.2) is 0 Å². The Hall–Kier alpha value is 0.0700. The van der Waals surface area contributed by atoms with Crippen LogP contribution in [0.25, 0.3) is 0 Å². The quantitative estimate of drug-likeness (QED) is 0.795. The second kappa shape index (κ2) is 9.14. The largest absolute Gasteiger partial charge is 0.353 e. The van der Waals surface area contributed by atoms with E-state index in [2.05, 4.69) is 17.6 Å². The smallest absolute Gasteiger partial charge is 0.221 e. The lowest BCUT2D eigenvalue weighted by atomic mass is 9.93. The summed E-state index contributed by atoms with van der Waals surface area (Å²) in [5.41, 5.74) is 0. The van der Waals surface area contributed by atoms with Crippen molar-refractivity contribution in [2.24, 2.45) is 5.92 Å². The minimum atomic E-state index is 0. The number of halogens is 1. The van der Waals surface area contributed by atoms with Gasteiger partial charge in [0.05, 0.1) is 0 Å². The Bertz CT molecular complexity index is 198. The van der Waals surface area contributed by atoms with E-state index in [1.807, 2.05) is 6.26 Å². The van der Waals surface area contributed by atoms with E-state index < -0.39 is 0 Å². The highest BCUT2D eigenvalue weighted by molar-refractivity contribution is 7.98. The lowest BCUT2D eigenvalue weighted by Crippen LogP contribution is -2.44. The van der Waals surface area contributed by atoms with Gasteiger partial charge in [0.25, 0.3) is 0 Å². The molecule has 16 heavy (non-hydrogen) atoms. The minimum Gasteiger partial charge on any atom is -0.353 e. The molecular formula is C11H23ClN2OS. The van der Waals surface area contributed by atoms with Gasteiger partial charge in [0.1, 0.15) is 0 Å². The summed E-state index contributed by atoms with van der Waals surface area (Å²) in [5, 5.41) is 6.47. The van der Waals surface area contributed by atoms with Gasteiger partial charge in [0.2, 0.25) is 5.91 Å². The van der Waals surface area contributed by atoms with E-state index in [4.69, 9.17) is 0 Å². The highest BCUT2D eigenvalue weighted by Gasteiger charge is 2.20. The fourth-order valence-corrected chi connectivity index (χ4v) is 2.33. The van der Waals surface area contributed by atoms with Crippen LogP contribution < -0.4 is 10.6 Å². The van der Waals surface area contributed by atoms with Gasteiger partial charge in [-0.25, -0.2) is 0 Å². The Morgan fingerprint density at radius 2 is 2.38 bits per heavy atom. The zero-order chi connectivity index (χ0) is 11.1. The summed E-state index contributed by atoms with van der Waals surface area (Å²) in [6, 6.07) is 0.312. The van der Waals surface area contributed by atoms with Gasteiger partial charge >= 0.3 is 0 Å². The van der Waals surface area contributed by atoms with Crippen LogP contribution in [0.2, 0.25) is 0 Å². The van der Waals surface area contributed by atoms with Gasteiger partial charge in [-0.15, -0.1) is 12.4 Å². The molecule has 0 aromatic rings. The van der Waals surface area contributed by atoms with E-state index in [9.17, 15) is 4.79 Å². The third-order valence-electron chi connectivity index (χ3n) is 2.96. The molecule has 2 atom stereocenters. The number of hydrogen-bond acceptors (Lipinski definition) is 3. The Morgan fingerprint density at radius 1 is 1.62 bits per heavy atom. The van der Waals surface area contributed by atoms with Gasteiger partial charge in [-0.3, -0.25) is 4.79 Å². The van der Waals surface area contributed by atoms with Crippen molar-refractivity contribution in [3.63, 3.8) is 0 Å². The van der Waals surface area contributed by atoms with Crippen LogP contribution >= 0.6 is 24.2 Å². The molecule has 1 saturated heterocycles. The molecule has 1 amide bonds. The molecule has 5 heteroatoms. The molecule has 96 valence electrons. The summed E-state index contributed by atoms with van der Waals surface area (Å²) in [6.45, 7) is 4.29. The van der Waals surface area contributed by atoms with Crippen LogP contribution in [0.4, 0.5) is 0 Å². The van der Waals surface area contributed by atoms with E-state index in [-0.39, 0.29) is 18.3 Å². The van der Waals surface area contributed by atoms with E-state index in [1.165, 1.54) is 12.8 Å². The first kappa shape index (κ1) is 16.1. The standard InChI is InChI=1S/C11H22N2OS.ClH/c1-9(10-4-3-6-12-8-10)13-11(14)5-7-15-2;/h9-10,12H,3-8H2,1-2H3,(H,13,14);1H. The van der Waals surface area contributed by atoms with E-state index in [1.54, 1.807) is 11.8 Å². The first-order chi connectivity index (χ1) is 7.24. The number of rotatable bonds is 5. The molecule has 0 aromatic carbocycles. The van der Waals surface area contributed by atoms with Gasteiger partial charge in [0.15, 0.2) is 0 Å². The fraction of sp³-hybridized carbons (Fsp3) is 0.909. The summed E-state index contributed by atoms with van der Waals surface area (Å²) in [4.78, 5) is 11.5. The van der Waals surface area contributed by atoms with Crippen molar-refractivity contribution in [1.29, 1.82) is 0 Å². The number of hydrogen-bond donors (Lipinski definition) is 2. The second-order valence-electron chi connectivity index (χ2n) is 4.21. The molecule has 2 N–H and O–H groups in total. The van der Waals surface area contributed by atoms with Crippen LogP contribution in [0, 0.1) is 5.92 Å². The van der Waals surface area contributed by atoms with Gasteiger partial charge in [-0.1, -0.05) is 0 Å². The van der Waals surface area contributed by atoms with E-state index in [0.29, 0.717) is 18.4 Å². The Labute approximate surface area is 109 Å². The average molecular weight is 267 g/mol. The molecule has 1 rings (SSSR count). The van der Waals surface area contributed by atoms with Gasteiger partial charge in [-0.2, -0.15) is 11.8 Å². The molecule has 1 aliphatic rings. The fourth-order valence-electron chi connectivity index (χ4n) is 1.94. The molecule has 2 unspecified atom stereocenters. The molecule has 0 bridgehead atoms. The summed E-state index contributed by atoms with van der Waals surface area (Å²) in [6.07, 6.45) is 5.14. The van der Waals surface area contributed by atoms with Crippen LogP contribution in [-0.4, -0.2) is 37.0 Å². The lowest BCUT2D eigenvalue weighted by molar-refractivity contribution is -0.121. The number of piperidine rings is 1. The monoisotopic (exact) mass is 266 g/mol. The maximum atomic E-state index is 11.5. The molecule has 0 aliphatic carbocycles. The van der Waals surface area contributed by atoms with Crippen molar-refractivity contribution in [1.82, 2.24) is 10.6 Å². The number of nitrogens with one attached hydrogen (secondary N) is 2. The third-order valence-corrected chi connectivity index (χ3v) is 3.58. The lowest BCUT2D eigenvalue weighted by Gasteiger charge is -2.28. The molecule has 1 aliphatic heterocycles. The Balaban J connectivity index is 0.00000225. The summed E-state index contributed by atoms with van der Waals surface area (Å²) >= 11 is 1.72. The summed E-state index contributed by atoms with van der Waals surface area (Å²) in [5.74, 6) is 1.72. The molecule has 0 radical (unpaired) electrons. The predicted octanol–water partition coefficient (Wildman–Crippen LogP) is 1.67. The van der Waals surface area contributed by atoms with Crippen molar-refractivity contribution in [3.05, 3.63) is 0 Å². The topological polar surface area (TPSA) is 41.1 Å². The van der Waals surface area contributed by atoms with Crippen molar-refractivity contribution in [2.75, 3.05) is 25.1 Å². The van der Waals surface area contributed by atoms with E-state index in [0.717, 1.165) is 18.8 Å². The second-order valence-corrected chi connectivity index (χ2v) is 5.19. The Morgan fingerprint density at radius 3 is 2.94 bits per heavy atom. The summed E-state index contributed by atoms with van der Waals surface area (Å²) < 4.78 is 0. The normalized spacial score (nSPS) is 22.0. The molecule has 0 saturated carbocycles. The molecular weight excluding hydrogens is 244 g/mol. The van der Waals surface area contributed by atoms with Crippen molar-refractivity contribution in [3.8, 4) is 0 Å². The highest BCUT2D eigenvalue weighted by Crippen LogP contribution is 2.14. The van der Waals surface area contributed by atoms with Gasteiger partial charge in [-0.05, 0) is 45.0 Å². The van der Waals surface area contributed by atoms with Crippen molar-refractivity contribution >= 4 is 30.1 Å².